The first-order chi connectivity index (χ1) is 15.1. The Labute approximate surface area is 186 Å². The van der Waals surface area contributed by atoms with Crippen molar-refractivity contribution in [3.05, 3.63) is 52.8 Å². The number of oxime groups is 1. The van der Waals surface area contributed by atoms with Gasteiger partial charge in [0.2, 0.25) is 0 Å². The summed E-state index contributed by atoms with van der Waals surface area (Å²) in [6, 6.07) is 6.14. The fourth-order valence-corrected chi connectivity index (χ4v) is 4.00. The molecule has 2 aliphatic rings. The van der Waals surface area contributed by atoms with Crippen LogP contribution < -0.4 is 4.74 Å². The molecule has 0 radical (unpaired) electrons. The van der Waals surface area contributed by atoms with E-state index in [1.807, 2.05) is 24.3 Å². The van der Waals surface area contributed by atoms with Crippen LogP contribution in [-0.2, 0) is 4.74 Å². The lowest BCUT2D eigenvalue weighted by Gasteiger charge is -2.21. The van der Waals surface area contributed by atoms with Gasteiger partial charge in [0, 0.05) is 18.7 Å². The van der Waals surface area contributed by atoms with Crippen LogP contribution in [0.5, 0.6) is 5.75 Å². The molecular formula is C25H35N3O3. The van der Waals surface area contributed by atoms with E-state index in [-0.39, 0.29) is 0 Å². The Kier molecular flexibility index (Phi) is 8.32. The van der Waals surface area contributed by atoms with E-state index in [0.717, 1.165) is 67.3 Å². The zero-order chi connectivity index (χ0) is 22.2. The van der Waals surface area contributed by atoms with Gasteiger partial charge < -0.3 is 24.5 Å². The summed E-state index contributed by atoms with van der Waals surface area (Å²) < 4.78 is 11.9. The largest absolute Gasteiger partial charge is 0.492 e. The molecule has 0 spiro atoms. The molecule has 0 aliphatic heterocycles. The Morgan fingerprint density at radius 3 is 2.10 bits per heavy atom. The topological polar surface area (TPSA) is 57.5 Å². The van der Waals surface area contributed by atoms with Crippen LogP contribution in [0.15, 0.2) is 46.8 Å². The van der Waals surface area contributed by atoms with E-state index in [2.05, 4.69) is 54.8 Å². The van der Waals surface area contributed by atoms with Crippen LogP contribution in [-0.4, -0.2) is 73.2 Å². The van der Waals surface area contributed by atoms with E-state index in [1.165, 1.54) is 0 Å². The molecule has 1 aromatic carbocycles. The van der Waals surface area contributed by atoms with Crippen molar-refractivity contribution in [3.8, 4) is 5.75 Å². The summed E-state index contributed by atoms with van der Waals surface area (Å²) in [4.78, 5) is 4.64. The van der Waals surface area contributed by atoms with E-state index < -0.39 is 0 Å². The third-order valence-electron chi connectivity index (χ3n) is 6.02. The highest BCUT2D eigenvalue weighted by molar-refractivity contribution is 6.27. The van der Waals surface area contributed by atoms with Crippen LogP contribution in [0.1, 0.15) is 38.8 Å². The summed E-state index contributed by atoms with van der Waals surface area (Å²) in [6.45, 7) is 15.6. The van der Waals surface area contributed by atoms with Crippen LogP contribution >= 0.6 is 0 Å². The van der Waals surface area contributed by atoms with Crippen molar-refractivity contribution < 1.29 is 14.7 Å². The highest BCUT2D eigenvalue weighted by Crippen LogP contribution is 2.41. The fraction of sp³-hybridized carbons (Fsp3) is 0.480. The second-order valence-electron chi connectivity index (χ2n) is 7.62. The summed E-state index contributed by atoms with van der Waals surface area (Å²) in [7, 11) is 0. The van der Waals surface area contributed by atoms with Crippen LogP contribution in [0.4, 0.5) is 0 Å². The molecule has 1 aromatic rings. The lowest BCUT2D eigenvalue weighted by Crippen LogP contribution is -2.27. The van der Waals surface area contributed by atoms with Crippen molar-refractivity contribution in [2.45, 2.75) is 27.7 Å². The predicted molar refractivity (Wildman–Crippen MR) is 127 cm³/mol. The first-order valence-electron chi connectivity index (χ1n) is 11.4. The standard InChI is InChI=1S/C25H35N3O3/c1-5-27(6-2)13-15-30-20-9-10-21-19(17-20)18-23-22(21)11-12-24(25(23)26-29)31-16-14-28(7-3)8-4/h9-12,17-18,29H,5-8,13-16H2,1-4H3. The maximum Gasteiger partial charge on any atom is 0.152 e. The van der Waals surface area contributed by atoms with E-state index in [0.29, 0.717) is 24.7 Å². The van der Waals surface area contributed by atoms with Gasteiger partial charge >= 0.3 is 0 Å². The third kappa shape index (κ3) is 5.38. The molecule has 6 heteroatoms. The van der Waals surface area contributed by atoms with Crippen LogP contribution in [0.2, 0.25) is 0 Å². The average molecular weight is 426 g/mol. The fourth-order valence-electron chi connectivity index (χ4n) is 4.00. The minimum Gasteiger partial charge on any atom is -0.492 e. The van der Waals surface area contributed by atoms with Crippen LogP contribution in [0, 0.1) is 0 Å². The van der Waals surface area contributed by atoms with Gasteiger partial charge in [-0.2, -0.15) is 0 Å². The zero-order valence-corrected chi connectivity index (χ0v) is 19.2. The molecular weight excluding hydrogens is 390 g/mol. The number of nitrogens with zero attached hydrogens (tertiary/aromatic N) is 3. The molecule has 1 N–H and O–H groups in total. The normalized spacial score (nSPS) is 16.2. The highest BCUT2D eigenvalue weighted by Gasteiger charge is 2.29. The number of likely N-dealkylation sites (N-methyl/N-ethyl adjacent to an activating group) is 2. The molecule has 0 amide bonds. The molecule has 0 atom stereocenters. The molecule has 0 aromatic heterocycles. The molecule has 168 valence electrons. The predicted octanol–water partition coefficient (Wildman–Crippen LogP) is 4.27. The summed E-state index contributed by atoms with van der Waals surface area (Å²) in [5.41, 5.74) is 4.61. The van der Waals surface area contributed by atoms with Crippen molar-refractivity contribution in [2.24, 2.45) is 5.16 Å². The van der Waals surface area contributed by atoms with Gasteiger partial charge in [-0.05, 0) is 73.2 Å². The lowest BCUT2D eigenvalue weighted by atomic mass is 9.94. The molecule has 0 saturated heterocycles. The van der Waals surface area contributed by atoms with Gasteiger partial charge in [-0.3, -0.25) is 0 Å². The number of benzene rings is 1. The van der Waals surface area contributed by atoms with Gasteiger partial charge in [0.25, 0.3) is 0 Å². The summed E-state index contributed by atoms with van der Waals surface area (Å²) in [5, 5.41) is 13.3. The maximum atomic E-state index is 9.72. The first-order valence-corrected chi connectivity index (χ1v) is 11.4. The summed E-state index contributed by atoms with van der Waals surface area (Å²) >= 11 is 0. The molecule has 0 saturated carbocycles. The van der Waals surface area contributed by atoms with Crippen LogP contribution in [0.25, 0.3) is 11.6 Å². The molecule has 6 nitrogen and oxygen atoms in total. The van der Waals surface area contributed by atoms with Gasteiger partial charge in [0.05, 0.1) is 0 Å². The SMILES string of the molecule is CCN(CC)CCOC1=CC=C2C(=Cc3cc(OCCN(CC)CC)ccc32)C1=NO. The van der Waals surface area contributed by atoms with Crippen molar-refractivity contribution >= 4 is 17.4 Å². The molecule has 0 heterocycles. The van der Waals surface area contributed by atoms with E-state index in [4.69, 9.17) is 9.47 Å². The van der Waals surface area contributed by atoms with Crippen LogP contribution in [0.3, 0.4) is 0 Å². The molecule has 3 rings (SSSR count). The Morgan fingerprint density at radius 1 is 0.839 bits per heavy atom. The monoisotopic (exact) mass is 425 g/mol. The second-order valence-corrected chi connectivity index (χ2v) is 7.62. The van der Waals surface area contributed by atoms with Crippen molar-refractivity contribution in [3.63, 3.8) is 0 Å². The quantitative estimate of drug-likeness (QED) is 0.400. The van der Waals surface area contributed by atoms with Gasteiger partial charge in [-0.15, -0.1) is 0 Å². The smallest absolute Gasteiger partial charge is 0.152 e. The molecule has 0 bridgehead atoms. The molecule has 0 unspecified atom stereocenters. The van der Waals surface area contributed by atoms with Crippen molar-refractivity contribution in [1.82, 2.24) is 9.80 Å². The van der Waals surface area contributed by atoms with Gasteiger partial charge in [0.15, 0.2) is 5.71 Å². The molecule has 31 heavy (non-hydrogen) atoms. The Bertz CT molecular complexity index is 878. The minimum absolute atomic E-state index is 0.484. The van der Waals surface area contributed by atoms with Gasteiger partial charge in [0.1, 0.15) is 24.7 Å². The van der Waals surface area contributed by atoms with Gasteiger partial charge in [-0.25, -0.2) is 0 Å². The minimum atomic E-state index is 0.484. The van der Waals surface area contributed by atoms with E-state index >= 15 is 0 Å². The third-order valence-corrected chi connectivity index (χ3v) is 6.02. The number of allylic oxidation sites excluding steroid dienone is 4. The van der Waals surface area contributed by atoms with Crippen molar-refractivity contribution in [1.29, 1.82) is 0 Å². The van der Waals surface area contributed by atoms with Gasteiger partial charge in [-0.1, -0.05) is 38.9 Å². The Balaban J connectivity index is 1.68. The maximum absolute atomic E-state index is 9.72. The van der Waals surface area contributed by atoms with E-state index in [1.54, 1.807) is 0 Å². The zero-order valence-electron chi connectivity index (χ0n) is 19.2. The number of hydrogen-bond acceptors (Lipinski definition) is 6. The van der Waals surface area contributed by atoms with E-state index in [9.17, 15) is 5.21 Å². The summed E-state index contributed by atoms with van der Waals surface area (Å²) in [5.74, 6) is 1.46. The Hall–Kier alpha value is -2.57. The summed E-state index contributed by atoms with van der Waals surface area (Å²) in [6.07, 6.45) is 5.99. The average Bonchev–Trinajstić information content (AvgIpc) is 3.17. The molecule has 2 aliphatic carbocycles. The van der Waals surface area contributed by atoms with Crippen molar-refractivity contribution in [2.75, 3.05) is 52.5 Å². The molecule has 0 fully saturated rings. The Morgan fingerprint density at radius 2 is 1.48 bits per heavy atom. The lowest BCUT2D eigenvalue weighted by molar-refractivity contribution is 0.174. The second kappa shape index (κ2) is 11.2. The first kappa shape index (κ1) is 23.1. The number of hydrogen-bond donors (Lipinski definition) is 1. The number of ether oxygens (including phenoxy) is 2. The highest BCUT2D eigenvalue weighted by atomic mass is 16.5. The number of rotatable bonds is 12. The number of fused-ring (bicyclic) bond motifs is 3.